The smallest absolute Gasteiger partial charge is 0.325 e. The van der Waals surface area contributed by atoms with Gasteiger partial charge in [0, 0.05) is 19.0 Å². The van der Waals surface area contributed by atoms with E-state index in [1.54, 1.807) is 0 Å². The second-order valence-electron chi connectivity index (χ2n) is 7.42. The van der Waals surface area contributed by atoms with Gasteiger partial charge in [0.25, 0.3) is 5.91 Å². The number of ether oxygens (including phenoxy) is 1. The molecule has 0 radical (unpaired) electrons. The summed E-state index contributed by atoms with van der Waals surface area (Å²) in [6.07, 6.45) is 1.08. The molecule has 0 heterocycles. The molecule has 0 fully saturated rings. The van der Waals surface area contributed by atoms with E-state index in [0.717, 1.165) is 6.42 Å². The number of esters is 1. The van der Waals surface area contributed by atoms with E-state index in [9.17, 15) is 19.2 Å². The van der Waals surface area contributed by atoms with Gasteiger partial charge in [0.15, 0.2) is 6.61 Å². The summed E-state index contributed by atoms with van der Waals surface area (Å²) >= 11 is 0. The van der Waals surface area contributed by atoms with Crippen LogP contribution in [0.4, 0.5) is 0 Å². The van der Waals surface area contributed by atoms with E-state index in [2.05, 4.69) is 10.6 Å². The Hall–Kier alpha value is -2.12. The molecular formula is C17H31N3O5. The summed E-state index contributed by atoms with van der Waals surface area (Å²) in [4.78, 5) is 47.8. The molecule has 0 aromatic rings. The molecule has 144 valence electrons. The summed E-state index contributed by atoms with van der Waals surface area (Å²) < 4.78 is 4.81. The van der Waals surface area contributed by atoms with Crippen LogP contribution in [0, 0.1) is 5.92 Å². The van der Waals surface area contributed by atoms with Gasteiger partial charge in [-0.3, -0.25) is 19.2 Å². The van der Waals surface area contributed by atoms with Crippen molar-refractivity contribution in [3.8, 4) is 0 Å². The zero-order valence-electron chi connectivity index (χ0n) is 16.1. The van der Waals surface area contributed by atoms with Crippen LogP contribution >= 0.6 is 0 Å². The largest absolute Gasteiger partial charge is 0.454 e. The number of carbonyl (C=O) groups excluding carboxylic acids is 4. The highest BCUT2D eigenvalue weighted by Crippen LogP contribution is 2.02. The topological polar surface area (TPSA) is 105 Å². The number of likely N-dealkylation sites (N-methyl/N-ethyl adjacent to an activating group) is 1. The Morgan fingerprint density at radius 2 is 1.68 bits per heavy atom. The van der Waals surface area contributed by atoms with Crippen molar-refractivity contribution in [2.24, 2.45) is 5.92 Å². The van der Waals surface area contributed by atoms with Crippen LogP contribution in [0.5, 0.6) is 0 Å². The number of hydrogen-bond donors (Lipinski definition) is 2. The molecule has 0 spiro atoms. The van der Waals surface area contributed by atoms with Crippen molar-refractivity contribution in [3.05, 3.63) is 0 Å². The molecule has 0 aromatic heterocycles. The molecule has 0 aliphatic heterocycles. The number of carbonyl (C=O) groups is 4. The van der Waals surface area contributed by atoms with Gasteiger partial charge in [-0.15, -0.1) is 0 Å². The highest BCUT2D eigenvalue weighted by molar-refractivity contribution is 5.87. The van der Waals surface area contributed by atoms with Gasteiger partial charge in [0.2, 0.25) is 11.8 Å². The fourth-order valence-electron chi connectivity index (χ4n) is 1.74. The molecule has 0 aromatic carbocycles. The van der Waals surface area contributed by atoms with Crippen molar-refractivity contribution in [1.29, 1.82) is 0 Å². The van der Waals surface area contributed by atoms with Gasteiger partial charge < -0.3 is 20.3 Å². The van der Waals surface area contributed by atoms with Gasteiger partial charge >= 0.3 is 5.97 Å². The molecule has 2 N–H and O–H groups in total. The number of nitrogens with zero attached hydrogens (tertiary/aromatic N) is 1. The quantitative estimate of drug-likeness (QED) is 0.583. The summed E-state index contributed by atoms with van der Waals surface area (Å²) in [6, 6.07) is 0. The lowest BCUT2D eigenvalue weighted by atomic mass is 10.1. The van der Waals surface area contributed by atoms with Crippen LogP contribution in [0.25, 0.3) is 0 Å². The van der Waals surface area contributed by atoms with E-state index >= 15 is 0 Å². The van der Waals surface area contributed by atoms with Crippen LogP contribution in [-0.2, 0) is 23.9 Å². The Kier molecular flexibility index (Phi) is 9.78. The fraction of sp³-hybridized carbons (Fsp3) is 0.765. The molecule has 8 nitrogen and oxygen atoms in total. The highest BCUT2D eigenvalue weighted by Gasteiger charge is 2.18. The third-order valence-corrected chi connectivity index (χ3v) is 3.06. The Bertz CT molecular complexity index is 483. The van der Waals surface area contributed by atoms with Crippen LogP contribution in [0.3, 0.4) is 0 Å². The van der Waals surface area contributed by atoms with Crippen LogP contribution in [0.2, 0.25) is 0 Å². The summed E-state index contributed by atoms with van der Waals surface area (Å²) in [7, 11) is 1.45. The minimum atomic E-state index is -0.696. The minimum absolute atomic E-state index is 0.125. The van der Waals surface area contributed by atoms with E-state index < -0.39 is 18.5 Å². The van der Waals surface area contributed by atoms with Crippen molar-refractivity contribution < 1.29 is 23.9 Å². The Morgan fingerprint density at radius 3 is 2.20 bits per heavy atom. The van der Waals surface area contributed by atoms with E-state index in [1.165, 1.54) is 11.9 Å². The van der Waals surface area contributed by atoms with Crippen LogP contribution in [0.1, 0.15) is 47.5 Å². The van der Waals surface area contributed by atoms with Crippen LogP contribution in [0.15, 0.2) is 0 Å². The molecule has 0 atom stereocenters. The van der Waals surface area contributed by atoms with Crippen LogP contribution in [-0.4, -0.2) is 60.9 Å². The SMILES string of the molecule is CC(C)CCC(=O)NCC(=O)OCC(=O)N(C)CC(=O)NC(C)(C)C. The summed E-state index contributed by atoms with van der Waals surface area (Å²) in [5, 5.41) is 5.18. The average Bonchev–Trinajstić information content (AvgIpc) is 2.46. The maximum absolute atomic E-state index is 11.8. The Balaban J connectivity index is 4.05. The summed E-state index contributed by atoms with van der Waals surface area (Å²) in [5.74, 6) is -1.32. The number of rotatable bonds is 9. The third-order valence-electron chi connectivity index (χ3n) is 3.06. The van der Waals surface area contributed by atoms with Crippen molar-refractivity contribution in [1.82, 2.24) is 15.5 Å². The van der Waals surface area contributed by atoms with Crippen molar-refractivity contribution >= 4 is 23.7 Å². The van der Waals surface area contributed by atoms with E-state index in [4.69, 9.17) is 4.74 Å². The maximum atomic E-state index is 11.8. The first-order chi connectivity index (χ1) is 11.4. The lowest BCUT2D eigenvalue weighted by Crippen LogP contribution is -2.47. The van der Waals surface area contributed by atoms with Crippen molar-refractivity contribution in [3.63, 3.8) is 0 Å². The van der Waals surface area contributed by atoms with Gasteiger partial charge in [-0.25, -0.2) is 0 Å². The van der Waals surface area contributed by atoms with E-state index in [-0.39, 0.29) is 30.4 Å². The zero-order chi connectivity index (χ0) is 19.6. The Morgan fingerprint density at radius 1 is 1.08 bits per heavy atom. The monoisotopic (exact) mass is 357 g/mol. The first-order valence-electron chi connectivity index (χ1n) is 8.38. The predicted molar refractivity (Wildman–Crippen MR) is 93.6 cm³/mol. The van der Waals surface area contributed by atoms with Gasteiger partial charge in [-0.1, -0.05) is 13.8 Å². The van der Waals surface area contributed by atoms with Crippen LogP contribution < -0.4 is 10.6 Å². The molecule has 0 saturated carbocycles. The molecule has 0 saturated heterocycles. The van der Waals surface area contributed by atoms with Gasteiger partial charge in [-0.2, -0.15) is 0 Å². The zero-order valence-corrected chi connectivity index (χ0v) is 16.1. The summed E-state index contributed by atoms with van der Waals surface area (Å²) in [6.45, 7) is 8.65. The molecule has 25 heavy (non-hydrogen) atoms. The third kappa shape index (κ3) is 12.9. The molecule has 8 heteroatoms. The second-order valence-corrected chi connectivity index (χ2v) is 7.42. The molecule has 0 bridgehead atoms. The number of amides is 3. The minimum Gasteiger partial charge on any atom is -0.454 e. The maximum Gasteiger partial charge on any atom is 0.325 e. The predicted octanol–water partition coefficient (Wildman–Crippen LogP) is 0.455. The lowest BCUT2D eigenvalue weighted by molar-refractivity contribution is -0.151. The van der Waals surface area contributed by atoms with E-state index in [1.807, 2.05) is 34.6 Å². The first kappa shape index (κ1) is 22.9. The molecule has 0 aliphatic carbocycles. The van der Waals surface area contributed by atoms with Crippen molar-refractivity contribution in [2.75, 3.05) is 26.7 Å². The van der Waals surface area contributed by atoms with Gasteiger partial charge in [0.05, 0.1) is 6.54 Å². The average molecular weight is 357 g/mol. The fourth-order valence-corrected chi connectivity index (χ4v) is 1.74. The Labute approximate surface area is 149 Å². The van der Waals surface area contributed by atoms with Crippen molar-refractivity contribution in [2.45, 2.75) is 53.0 Å². The summed E-state index contributed by atoms with van der Waals surface area (Å²) in [5.41, 5.74) is -0.388. The number of hydrogen-bond acceptors (Lipinski definition) is 5. The van der Waals surface area contributed by atoms with Gasteiger partial charge in [-0.05, 0) is 33.1 Å². The molecule has 0 unspecified atom stereocenters. The standard InChI is InChI=1S/C17H31N3O5/c1-12(2)7-8-13(21)18-9-16(24)25-11-15(23)20(6)10-14(22)19-17(3,4)5/h12H,7-11H2,1-6H3,(H,18,21)(H,19,22). The molecular weight excluding hydrogens is 326 g/mol. The molecule has 3 amide bonds. The molecule has 0 aliphatic rings. The normalized spacial score (nSPS) is 11.0. The van der Waals surface area contributed by atoms with Gasteiger partial charge in [0.1, 0.15) is 6.54 Å². The second kappa shape index (κ2) is 10.7. The highest BCUT2D eigenvalue weighted by atomic mass is 16.5. The molecule has 0 rings (SSSR count). The van der Waals surface area contributed by atoms with E-state index in [0.29, 0.717) is 12.3 Å². The lowest BCUT2D eigenvalue weighted by Gasteiger charge is -2.23. The first-order valence-corrected chi connectivity index (χ1v) is 8.38. The number of nitrogens with one attached hydrogen (secondary N) is 2.